The molecule has 138 valence electrons. The van der Waals surface area contributed by atoms with Gasteiger partial charge in [-0.25, -0.2) is 0 Å². The van der Waals surface area contributed by atoms with Crippen molar-refractivity contribution < 1.29 is 9.53 Å². The van der Waals surface area contributed by atoms with Crippen LogP contribution >= 0.6 is 0 Å². The second-order valence-corrected chi connectivity index (χ2v) is 8.89. The molecule has 3 rings (SSSR count). The van der Waals surface area contributed by atoms with Gasteiger partial charge in [-0.3, -0.25) is 9.69 Å². The van der Waals surface area contributed by atoms with Crippen LogP contribution in [0.1, 0.15) is 53.4 Å². The molecule has 0 radical (unpaired) electrons. The fraction of sp³-hybridized carbons (Fsp3) is 0.947. The molecule has 2 unspecified atom stereocenters. The Morgan fingerprint density at radius 2 is 2.00 bits per heavy atom. The summed E-state index contributed by atoms with van der Waals surface area (Å²) in [6.45, 7) is 13.2. The van der Waals surface area contributed by atoms with E-state index in [1.54, 1.807) is 0 Å². The van der Waals surface area contributed by atoms with Gasteiger partial charge in [-0.1, -0.05) is 12.8 Å². The Balaban J connectivity index is 1.60. The van der Waals surface area contributed by atoms with Crippen LogP contribution in [0.4, 0.5) is 0 Å². The van der Waals surface area contributed by atoms with E-state index in [2.05, 4.69) is 43.2 Å². The second kappa shape index (κ2) is 6.93. The average Bonchev–Trinajstić information content (AvgIpc) is 2.97. The molecular formula is C19H35N3O2. The van der Waals surface area contributed by atoms with Gasteiger partial charge >= 0.3 is 0 Å². The number of amides is 1. The van der Waals surface area contributed by atoms with Gasteiger partial charge in [0, 0.05) is 31.7 Å². The molecule has 0 spiro atoms. The van der Waals surface area contributed by atoms with Crippen molar-refractivity contribution in [2.45, 2.75) is 71.1 Å². The zero-order valence-electron chi connectivity index (χ0n) is 15.9. The summed E-state index contributed by atoms with van der Waals surface area (Å²) in [5.74, 6) is 0.803. The van der Waals surface area contributed by atoms with E-state index < -0.39 is 0 Å². The topological polar surface area (TPSA) is 53.6 Å². The molecule has 1 aliphatic carbocycles. The number of morpholine rings is 1. The highest BCUT2D eigenvalue weighted by atomic mass is 16.5. The minimum absolute atomic E-state index is 0.0468. The molecular weight excluding hydrogens is 302 g/mol. The molecule has 2 N–H and O–H groups in total. The minimum Gasteiger partial charge on any atom is -0.373 e. The Kier molecular flexibility index (Phi) is 5.24. The van der Waals surface area contributed by atoms with E-state index in [1.165, 1.54) is 19.3 Å². The molecule has 0 aromatic carbocycles. The number of rotatable bonds is 4. The Hall–Kier alpha value is -0.650. The molecule has 0 aromatic heterocycles. The summed E-state index contributed by atoms with van der Waals surface area (Å²) in [5, 5.41) is 6.79. The highest BCUT2D eigenvalue weighted by molar-refractivity contribution is 5.84. The maximum absolute atomic E-state index is 13.1. The van der Waals surface area contributed by atoms with Crippen molar-refractivity contribution in [3.63, 3.8) is 0 Å². The van der Waals surface area contributed by atoms with Crippen LogP contribution in [0.15, 0.2) is 0 Å². The Bertz CT molecular complexity index is 458. The molecule has 3 aliphatic rings. The van der Waals surface area contributed by atoms with E-state index in [-0.39, 0.29) is 29.1 Å². The Morgan fingerprint density at radius 3 is 2.71 bits per heavy atom. The molecule has 1 amide bonds. The van der Waals surface area contributed by atoms with E-state index in [4.69, 9.17) is 4.74 Å². The number of hydrogen-bond acceptors (Lipinski definition) is 4. The van der Waals surface area contributed by atoms with Crippen LogP contribution in [0.2, 0.25) is 0 Å². The minimum atomic E-state index is -0.153. The fourth-order valence-corrected chi connectivity index (χ4v) is 4.95. The normalized spacial score (nSPS) is 37.9. The van der Waals surface area contributed by atoms with Crippen LogP contribution in [0.25, 0.3) is 0 Å². The first-order valence-electron chi connectivity index (χ1n) is 9.73. The predicted octanol–water partition coefficient (Wildman–Crippen LogP) is 1.77. The summed E-state index contributed by atoms with van der Waals surface area (Å²) in [7, 11) is 0. The molecule has 24 heavy (non-hydrogen) atoms. The van der Waals surface area contributed by atoms with Crippen LogP contribution in [0.3, 0.4) is 0 Å². The highest BCUT2D eigenvalue weighted by Crippen LogP contribution is 2.44. The third-order valence-electron chi connectivity index (χ3n) is 6.45. The van der Waals surface area contributed by atoms with Crippen LogP contribution in [-0.2, 0) is 9.53 Å². The van der Waals surface area contributed by atoms with E-state index in [0.29, 0.717) is 12.5 Å². The van der Waals surface area contributed by atoms with Gasteiger partial charge < -0.3 is 15.4 Å². The standard InChI is InChI=1S/C19H35N3O2/c1-14-10-22(11-15(2)24-14)18(3,4)12-21-17(23)19-8-6-5-7-16(19)9-20-13-19/h14-16,20H,5-13H2,1-4H3,(H,21,23)/t14?,15?,16-,19+/m0/s1. The van der Waals surface area contributed by atoms with E-state index >= 15 is 0 Å². The summed E-state index contributed by atoms with van der Waals surface area (Å²) in [6.07, 6.45) is 5.21. The van der Waals surface area contributed by atoms with Gasteiger partial charge in [-0.2, -0.15) is 0 Å². The molecule has 3 fully saturated rings. The van der Waals surface area contributed by atoms with Gasteiger partial charge in [0.15, 0.2) is 0 Å². The van der Waals surface area contributed by atoms with Crippen molar-refractivity contribution in [1.82, 2.24) is 15.5 Å². The highest BCUT2D eigenvalue weighted by Gasteiger charge is 2.50. The first-order chi connectivity index (χ1) is 11.3. The summed E-state index contributed by atoms with van der Waals surface area (Å²) in [6, 6.07) is 0. The monoisotopic (exact) mass is 337 g/mol. The third-order valence-corrected chi connectivity index (χ3v) is 6.45. The third kappa shape index (κ3) is 3.49. The van der Waals surface area contributed by atoms with Crippen LogP contribution in [0, 0.1) is 11.3 Å². The summed E-state index contributed by atoms with van der Waals surface area (Å²) in [4.78, 5) is 15.5. The molecule has 2 heterocycles. The van der Waals surface area contributed by atoms with Gasteiger partial charge in [-0.05, 0) is 53.0 Å². The van der Waals surface area contributed by atoms with Crippen LogP contribution in [-0.4, -0.2) is 61.3 Å². The smallest absolute Gasteiger partial charge is 0.227 e. The van der Waals surface area contributed by atoms with Crippen molar-refractivity contribution >= 4 is 5.91 Å². The molecule has 2 aliphatic heterocycles. The SMILES string of the molecule is CC1CN(C(C)(C)CNC(=O)[C@@]23CCCC[C@H]2CNC3)CC(C)O1. The molecule has 4 atom stereocenters. The quantitative estimate of drug-likeness (QED) is 0.821. The first-order valence-corrected chi connectivity index (χ1v) is 9.73. The van der Waals surface area contributed by atoms with E-state index in [9.17, 15) is 4.79 Å². The van der Waals surface area contributed by atoms with Crippen molar-refractivity contribution in [3.8, 4) is 0 Å². The Labute approximate surface area is 146 Å². The average molecular weight is 338 g/mol. The molecule has 1 saturated carbocycles. The summed E-state index contributed by atoms with van der Waals surface area (Å²) in [5.41, 5.74) is -0.200. The van der Waals surface area contributed by atoms with Gasteiger partial charge in [0.25, 0.3) is 0 Å². The molecule has 2 saturated heterocycles. The number of fused-ring (bicyclic) bond motifs is 1. The van der Waals surface area contributed by atoms with Crippen molar-refractivity contribution in [3.05, 3.63) is 0 Å². The lowest BCUT2D eigenvalue weighted by Gasteiger charge is -2.46. The maximum Gasteiger partial charge on any atom is 0.227 e. The van der Waals surface area contributed by atoms with E-state index in [0.717, 1.165) is 32.6 Å². The van der Waals surface area contributed by atoms with Gasteiger partial charge in [0.2, 0.25) is 5.91 Å². The lowest BCUT2D eigenvalue weighted by molar-refractivity contribution is -0.135. The molecule has 5 nitrogen and oxygen atoms in total. The molecule has 5 heteroatoms. The first kappa shape index (κ1) is 18.2. The predicted molar refractivity (Wildman–Crippen MR) is 95.9 cm³/mol. The van der Waals surface area contributed by atoms with Crippen molar-refractivity contribution in [1.29, 1.82) is 0 Å². The number of nitrogens with zero attached hydrogens (tertiary/aromatic N) is 1. The van der Waals surface area contributed by atoms with E-state index in [1.807, 2.05) is 0 Å². The van der Waals surface area contributed by atoms with Crippen LogP contribution < -0.4 is 10.6 Å². The number of ether oxygens (including phenoxy) is 1. The fourth-order valence-electron chi connectivity index (χ4n) is 4.95. The van der Waals surface area contributed by atoms with Crippen molar-refractivity contribution in [2.24, 2.45) is 11.3 Å². The van der Waals surface area contributed by atoms with Crippen LogP contribution in [0.5, 0.6) is 0 Å². The van der Waals surface area contributed by atoms with Gasteiger partial charge in [0.05, 0.1) is 17.6 Å². The van der Waals surface area contributed by atoms with Gasteiger partial charge in [-0.15, -0.1) is 0 Å². The van der Waals surface area contributed by atoms with Crippen molar-refractivity contribution in [2.75, 3.05) is 32.7 Å². The largest absolute Gasteiger partial charge is 0.373 e. The summed E-state index contributed by atoms with van der Waals surface area (Å²) >= 11 is 0. The number of carbonyl (C=O) groups excluding carboxylic acids is 1. The molecule has 0 bridgehead atoms. The Morgan fingerprint density at radius 1 is 1.29 bits per heavy atom. The van der Waals surface area contributed by atoms with Gasteiger partial charge in [0.1, 0.15) is 0 Å². The number of carbonyl (C=O) groups is 1. The molecule has 0 aromatic rings. The number of hydrogen-bond donors (Lipinski definition) is 2. The zero-order chi connectivity index (χ0) is 17.4. The summed E-state index contributed by atoms with van der Waals surface area (Å²) < 4.78 is 5.85. The zero-order valence-corrected chi connectivity index (χ0v) is 15.9. The maximum atomic E-state index is 13.1. The lowest BCUT2D eigenvalue weighted by Crippen LogP contribution is -2.60. The lowest BCUT2D eigenvalue weighted by atomic mass is 9.67. The second-order valence-electron chi connectivity index (χ2n) is 8.89. The number of nitrogens with one attached hydrogen (secondary N) is 2.